The van der Waals surface area contributed by atoms with E-state index in [1.54, 1.807) is 37.6 Å². The van der Waals surface area contributed by atoms with Crippen LogP contribution in [0.25, 0.3) is 21.9 Å². The zero-order chi connectivity index (χ0) is 14.8. The highest BCUT2D eigenvalue weighted by Crippen LogP contribution is 2.28. The third kappa shape index (κ3) is 2.26. The highest BCUT2D eigenvalue weighted by molar-refractivity contribution is 5.96. The number of nitrogens with zero attached hydrogens (tertiary/aromatic N) is 1. The van der Waals surface area contributed by atoms with Gasteiger partial charge in [0.25, 0.3) is 5.56 Å². The van der Waals surface area contributed by atoms with E-state index in [-0.39, 0.29) is 5.56 Å². The summed E-state index contributed by atoms with van der Waals surface area (Å²) in [4.78, 5) is 15.0. The maximum Gasteiger partial charge on any atom is 0.256 e. The third-order valence-corrected chi connectivity index (χ3v) is 3.42. The number of benzene rings is 2. The Hall–Kier alpha value is -3.06. The summed E-state index contributed by atoms with van der Waals surface area (Å²) in [6, 6.07) is 14.6. The number of nitrogens with one attached hydrogen (secondary N) is 1. The van der Waals surface area contributed by atoms with Crippen molar-refractivity contribution in [2.45, 2.75) is 0 Å². The van der Waals surface area contributed by atoms with E-state index >= 15 is 0 Å². The molecule has 0 radical (unpaired) electrons. The van der Waals surface area contributed by atoms with Crippen molar-refractivity contribution in [3.63, 3.8) is 0 Å². The van der Waals surface area contributed by atoms with Crippen molar-refractivity contribution in [1.82, 2.24) is 4.98 Å². The fourth-order valence-electron chi connectivity index (χ4n) is 2.34. The first kappa shape index (κ1) is 12.9. The van der Waals surface area contributed by atoms with Gasteiger partial charge in [0.2, 0.25) is 0 Å². The monoisotopic (exact) mass is 276 g/mol. The van der Waals surface area contributed by atoms with Gasteiger partial charge < -0.3 is 9.72 Å². The largest absolute Gasteiger partial charge is 0.497 e. The average Bonchev–Trinajstić information content (AvgIpc) is 2.54. The quantitative estimate of drug-likeness (QED) is 0.782. The van der Waals surface area contributed by atoms with Crippen molar-refractivity contribution in [2.75, 3.05) is 7.11 Å². The Balaban J connectivity index is 2.31. The topological polar surface area (TPSA) is 65.9 Å². The highest BCUT2D eigenvalue weighted by Gasteiger charge is 2.10. The van der Waals surface area contributed by atoms with Crippen LogP contribution in [0, 0.1) is 11.3 Å². The number of pyridine rings is 1. The number of rotatable bonds is 2. The molecule has 0 aliphatic heterocycles. The molecule has 1 aromatic heterocycles. The first-order valence-corrected chi connectivity index (χ1v) is 6.43. The molecule has 0 aliphatic carbocycles. The SMILES string of the molecule is COc1ccc2c[nH]c(=O)c(-c3ccc(C#N)cc3)c2c1. The predicted octanol–water partition coefficient (Wildman–Crippen LogP) is 3.08. The molecule has 1 N–H and O–H groups in total. The number of aromatic nitrogens is 1. The number of aromatic amines is 1. The van der Waals surface area contributed by atoms with E-state index in [1.165, 1.54) is 0 Å². The normalized spacial score (nSPS) is 10.3. The molecule has 4 heteroatoms. The standard InChI is InChI=1S/C17H12N2O2/c1-21-14-7-6-13-10-19-17(20)16(15(13)8-14)12-4-2-11(9-18)3-5-12/h2-8,10H,1H3,(H,19,20). The second-order valence-electron chi connectivity index (χ2n) is 4.64. The Kier molecular flexibility index (Phi) is 3.17. The minimum atomic E-state index is -0.166. The number of hydrogen-bond donors (Lipinski definition) is 1. The van der Waals surface area contributed by atoms with Crippen LogP contribution in [0.3, 0.4) is 0 Å². The van der Waals surface area contributed by atoms with Gasteiger partial charge >= 0.3 is 0 Å². The summed E-state index contributed by atoms with van der Waals surface area (Å²) in [7, 11) is 1.59. The summed E-state index contributed by atoms with van der Waals surface area (Å²) >= 11 is 0. The summed E-state index contributed by atoms with van der Waals surface area (Å²) < 4.78 is 5.23. The molecule has 0 aliphatic rings. The van der Waals surface area contributed by atoms with Crippen molar-refractivity contribution in [3.05, 3.63) is 64.6 Å². The molecule has 3 rings (SSSR count). The summed E-state index contributed by atoms with van der Waals surface area (Å²) in [5.41, 5.74) is 1.75. The van der Waals surface area contributed by atoms with E-state index in [4.69, 9.17) is 10.00 Å². The lowest BCUT2D eigenvalue weighted by atomic mass is 9.99. The molecule has 0 saturated heterocycles. The molecule has 0 bridgehead atoms. The Labute approximate surface area is 121 Å². The average molecular weight is 276 g/mol. The summed E-state index contributed by atoms with van der Waals surface area (Å²) in [5.74, 6) is 0.697. The maximum absolute atomic E-state index is 12.2. The van der Waals surface area contributed by atoms with Crippen LogP contribution < -0.4 is 10.3 Å². The molecule has 0 atom stereocenters. The van der Waals surface area contributed by atoms with Crippen molar-refractivity contribution in [2.24, 2.45) is 0 Å². The zero-order valence-electron chi connectivity index (χ0n) is 11.4. The molecule has 4 nitrogen and oxygen atoms in total. The Morgan fingerprint density at radius 3 is 2.57 bits per heavy atom. The lowest BCUT2D eigenvalue weighted by Crippen LogP contribution is -2.08. The number of hydrogen-bond acceptors (Lipinski definition) is 3. The van der Waals surface area contributed by atoms with E-state index in [2.05, 4.69) is 11.1 Å². The Bertz CT molecular complexity index is 903. The highest BCUT2D eigenvalue weighted by atomic mass is 16.5. The van der Waals surface area contributed by atoms with E-state index in [0.29, 0.717) is 16.9 Å². The van der Waals surface area contributed by atoms with Gasteiger partial charge in [0, 0.05) is 11.6 Å². The number of fused-ring (bicyclic) bond motifs is 1. The lowest BCUT2D eigenvalue weighted by molar-refractivity contribution is 0.415. The number of ether oxygens (including phenoxy) is 1. The number of H-pyrrole nitrogens is 1. The molecular weight excluding hydrogens is 264 g/mol. The van der Waals surface area contributed by atoms with Gasteiger partial charge in [-0.1, -0.05) is 12.1 Å². The molecule has 21 heavy (non-hydrogen) atoms. The molecule has 0 saturated carbocycles. The fourth-order valence-corrected chi connectivity index (χ4v) is 2.34. The smallest absolute Gasteiger partial charge is 0.256 e. The zero-order valence-corrected chi connectivity index (χ0v) is 11.4. The molecule has 0 fully saturated rings. The van der Waals surface area contributed by atoms with Crippen LogP contribution in [0.2, 0.25) is 0 Å². The van der Waals surface area contributed by atoms with Gasteiger partial charge in [-0.2, -0.15) is 5.26 Å². The van der Waals surface area contributed by atoms with Crippen LogP contribution in [-0.4, -0.2) is 12.1 Å². The molecule has 0 amide bonds. The minimum absolute atomic E-state index is 0.166. The summed E-state index contributed by atoms with van der Waals surface area (Å²) in [5, 5.41) is 10.6. The van der Waals surface area contributed by atoms with Crippen LogP contribution in [-0.2, 0) is 0 Å². The van der Waals surface area contributed by atoms with Gasteiger partial charge in [-0.25, -0.2) is 0 Å². The van der Waals surface area contributed by atoms with Crippen LogP contribution in [0.15, 0.2) is 53.5 Å². The van der Waals surface area contributed by atoms with E-state index < -0.39 is 0 Å². The number of nitriles is 1. The van der Waals surface area contributed by atoms with E-state index in [1.807, 2.05) is 18.2 Å². The fraction of sp³-hybridized carbons (Fsp3) is 0.0588. The second-order valence-corrected chi connectivity index (χ2v) is 4.64. The van der Waals surface area contributed by atoms with E-state index in [0.717, 1.165) is 16.3 Å². The predicted molar refractivity (Wildman–Crippen MR) is 81.3 cm³/mol. The van der Waals surface area contributed by atoms with Crippen molar-refractivity contribution >= 4 is 10.8 Å². The molecule has 102 valence electrons. The van der Waals surface area contributed by atoms with Crippen LogP contribution in [0.4, 0.5) is 0 Å². The van der Waals surface area contributed by atoms with Crippen LogP contribution in [0.5, 0.6) is 5.75 Å². The maximum atomic E-state index is 12.2. The Morgan fingerprint density at radius 1 is 1.14 bits per heavy atom. The molecule has 0 unspecified atom stereocenters. The van der Waals surface area contributed by atoms with Gasteiger partial charge in [-0.05, 0) is 41.3 Å². The van der Waals surface area contributed by atoms with Gasteiger partial charge in [0.15, 0.2) is 0 Å². The van der Waals surface area contributed by atoms with Crippen LogP contribution >= 0.6 is 0 Å². The van der Waals surface area contributed by atoms with E-state index in [9.17, 15) is 4.79 Å². The first-order valence-electron chi connectivity index (χ1n) is 6.43. The second kappa shape index (κ2) is 5.14. The van der Waals surface area contributed by atoms with Crippen molar-refractivity contribution in [1.29, 1.82) is 5.26 Å². The first-order chi connectivity index (χ1) is 10.2. The van der Waals surface area contributed by atoms with Gasteiger partial charge in [0.05, 0.1) is 24.3 Å². The molecular formula is C17H12N2O2. The van der Waals surface area contributed by atoms with Gasteiger partial charge in [-0.3, -0.25) is 4.79 Å². The van der Waals surface area contributed by atoms with Gasteiger partial charge in [0.1, 0.15) is 5.75 Å². The minimum Gasteiger partial charge on any atom is -0.497 e. The van der Waals surface area contributed by atoms with Crippen molar-refractivity contribution in [3.8, 4) is 22.9 Å². The van der Waals surface area contributed by atoms with Crippen LogP contribution in [0.1, 0.15) is 5.56 Å². The molecule has 1 heterocycles. The summed E-state index contributed by atoms with van der Waals surface area (Å²) in [6.45, 7) is 0. The van der Waals surface area contributed by atoms with Gasteiger partial charge in [-0.15, -0.1) is 0 Å². The third-order valence-electron chi connectivity index (χ3n) is 3.42. The summed E-state index contributed by atoms with van der Waals surface area (Å²) in [6.07, 6.45) is 1.68. The van der Waals surface area contributed by atoms with Crippen molar-refractivity contribution < 1.29 is 4.74 Å². The lowest BCUT2D eigenvalue weighted by Gasteiger charge is -2.08. The molecule has 3 aromatic rings. The Morgan fingerprint density at radius 2 is 1.90 bits per heavy atom. The molecule has 2 aromatic carbocycles. The number of methoxy groups -OCH3 is 1. The molecule has 0 spiro atoms.